The molecule has 0 aliphatic carbocycles. The fraction of sp³-hybridized carbons (Fsp3) is 0.200. The summed E-state index contributed by atoms with van der Waals surface area (Å²) in [5, 5.41) is 28.2. The minimum absolute atomic E-state index is 0.00938. The van der Waals surface area contributed by atoms with Crippen LogP contribution in [0.1, 0.15) is 16.7 Å². The Morgan fingerprint density at radius 2 is 1.75 bits per heavy atom. The molecule has 1 heterocycles. The number of aryl methyl sites for hydroxylation is 2. The zero-order valence-electron chi connectivity index (χ0n) is 11.3. The van der Waals surface area contributed by atoms with E-state index in [0.717, 1.165) is 22.2 Å². The highest BCUT2D eigenvalue weighted by Crippen LogP contribution is 2.28. The Hall–Kier alpha value is -2.40. The van der Waals surface area contributed by atoms with Gasteiger partial charge in [0.25, 0.3) is 0 Å². The molecule has 102 valence electrons. The number of hydrogen-bond acceptors (Lipinski definition) is 4. The summed E-state index contributed by atoms with van der Waals surface area (Å²) in [4.78, 5) is 1.41. The number of aromatic nitrogens is 3. The van der Waals surface area contributed by atoms with Gasteiger partial charge in [0, 0.05) is 5.56 Å². The van der Waals surface area contributed by atoms with Crippen LogP contribution in [-0.2, 0) is 6.61 Å². The Labute approximate surface area is 116 Å². The molecule has 3 rings (SSSR count). The zero-order valence-corrected chi connectivity index (χ0v) is 11.3. The molecule has 5 heteroatoms. The lowest BCUT2D eigenvalue weighted by Crippen LogP contribution is -2.01. The van der Waals surface area contributed by atoms with Crippen LogP contribution in [0.15, 0.2) is 30.3 Å². The molecule has 0 aliphatic heterocycles. The molecule has 0 amide bonds. The highest BCUT2D eigenvalue weighted by molar-refractivity contribution is 5.74. The fourth-order valence-corrected chi connectivity index (χ4v) is 2.24. The largest absolute Gasteiger partial charge is 0.505 e. The smallest absolute Gasteiger partial charge is 0.148 e. The summed E-state index contributed by atoms with van der Waals surface area (Å²) in [6.07, 6.45) is 0. The molecule has 0 unspecified atom stereocenters. The molecule has 0 atom stereocenters. The van der Waals surface area contributed by atoms with Crippen LogP contribution in [0.25, 0.3) is 16.7 Å². The number of nitrogens with zero attached hydrogens (tertiary/aromatic N) is 3. The molecule has 0 spiro atoms. The number of rotatable bonds is 2. The van der Waals surface area contributed by atoms with Gasteiger partial charge in [0.2, 0.25) is 0 Å². The van der Waals surface area contributed by atoms with Crippen LogP contribution in [-0.4, -0.2) is 25.2 Å². The summed E-state index contributed by atoms with van der Waals surface area (Å²) in [5.41, 5.74) is 4.52. The number of fused-ring (bicyclic) bond motifs is 1. The molecule has 0 saturated carbocycles. The van der Waals surface area contributed by atoms with Gasteiger partial charge in [-0.2, -0.15) is 0 Å². The molecule has 20 heavy (non-hydrogen) atoms. The van der Waals surface area contributed by atoms with E-state index in [-0.39, 0.29) is 12.4 Å². The summed E-state index contributed by atoms with van der Waals surface area (Å²) in [7, 11) is 0. The van der Waals surface area contributed by atoms with Crippen molar-refractivity contribution in [1.82, 2.24) is 15.0 Å². The second-order valence-corrected chi connectivity index (χ2v) is 4.93. The molecule has 0 saturated heterocycles. The highest BCUT2D eigenvalue weighted by Gasteiger charge is 2.13. The van der Waals surface area contributed by atoms with E-state index in [1.165, 1.54) is 4.80 Å². The van der Waals surface area contributed by atoms with Crippen molar-refractivity contribution in [3.05, 3.63) is 47.0 Å². The summed E-state index contributed by atoms with van der Waals surface area (Å²) < 4.78 is 0. The summed E-state index contributed by atoms with van der Waals surface area (Å²) >= 11 is 0. The Kier molecular flexibility index (Phi) is 2.91. The molecule has 5 nitrogen and oxygen atoms in total. The molecule has 0 bridgehead atoms. The van der Waals surface area contributed by atoms with E-state index in [2.05, 4.69) is 10.2 Å². The molecule has 1 aromatic heterocycles. The predicted octanol–water partition coefficient (Wildman–Crippen LogP) is 2.24. The maximum Gasteiger partial charge on any atom is 0.148 e. The number of aliphatic hydroxyl groups is 1. The standard InChI is InChI=1S/C15H15N3O2/c1-9-3-4-12-13(6-9)17-18(16-12)14-7-10(2)5-11(8-19)15(14)20/h3-7,19-20H,8H2,1-2H3. The van der Waals surface area contributed by atoms with Crippen LogP contribution in [0.2, 0.25) is 0 Å². The summed E-state index contributed by atoms with van der Waals surface area (Å²) in [5.74, 6) is 0.00938. The van der Waals surface area contributed by atoms with E-state index in [9.17, 15) is 10.2 Å². The third-order valence-corrected chi connectivity index (χ3v) is 3.23. The monoisotopic (exact) mass is 269 g/mol. The maximum atomic E-state index is 10.2. The Bertz CT molecular complexity index is 793. The van der Waals surface area contributed by atoms with Crippen molar-refractivity contribution in [2.75, 3.05) is 0 Å². The minimum Gasteiger partial charge on any atom is -0.505 e. The number of aliphatic hydroxyl groups excluding tert-OH is 1. The van der Waals surface area contributed by atoms with Crippen LogP contribution >= 0.6 is 0 Å². The number of phenols is 1. The first-order valence-corrected chi connectivity index (χ1v) is 6.36. The van der Waals surface area contributed by atoms with Gasteiger partial charge in [-0.25, -0.2) is 0 Å². The number of aromatic hydroxyl groups is 1. The van der Waals surface area contributed by atoms with Crippen LogP contribution in [0, 0.1) is 13.8 Å². The van der Waals surface area contributed by atoms with Crippen molar-refractivity contribution in [3.8, 4) is 11.4 Å². The van der Waals surface area contributed by atoms with Crippen molar-refractivity contribution < 1.29 is 10.2 Å². The van der Waals surface area contributed by atoms with Crippen molar-refractivity contribution in [1.29, 1.82) is 0 Å². The highest BCUT2D eigenvalue weighted by atomic mass is 16.3. The zero-order chi connectivity index (χ0) is 14.3. The predicted molar refractivity (Wildman–Crippen MR) is 75.9 cm³/mol. The lowest BCUT2D eigenvalue weighted by Gasteiger charge is -2.08. The quantitative estimate of drug-likeness (QED) is 0.748. The van der Waals surface area contributed by atoms with E-state index in [1.807, 2.05) is 32.0 Å². The van der Waals surface area contributed by atoms with Gasteiger partial charge in [0.05, 0.1) is 6.61 Å². The van der Waals surface area contributed by atoms with Gasteiger partial charge in [-0.1, -0.05) is 6.07 Å². The van der Waals surface area contributed by atoms with Crippen LogP contribution in [0.3, 0.4) is 0 Å². The Morgan fingerprint density at radius 1 is 1.00 bits per heavy atom. The molecule has 0 aliphatic rings. The molecule has 3 aromatic rings. The fourth-order valence-electron chi connectivity index (χ4n) is 2.24. The van der Waals surface area contributed by atoms with Gasteiger partial charge in [0.1, 0.15) is 22.5 Å². The maximum absolute atomic E-state index is 10.2. The summed E-state index contributed by atoms with van der Waals surface area (Å²) in [6, 6.07) is 9.34. The summed E-state index contributed by atoms with van der Waals surface area (Å²) in [6.45, 7) is 3.67. The van der Waals surface area contributed by atoms with Crippen LogP contribution in [0.5, 0.6) is 5.75 Å². The first-order valence-electron chi connectivity index (χ1n) is 6.36. The van der Waals surface area contributed by atoms with Gasteiger partial charge < -0.3 is 10.2 Å². The number of benzene rings is 2. The van der Waals surface area contributed by atoms with E-state index in [1.54, 1.807) is 12.1 Å². The first-order chi connectivity index (χ1) is 9.58. The van der Waals surface area contributed by atoms with Gasteiger partial charge in [0.15, 0.2) is 0 Å². The lowest BCUT2D eigenvalue weighted by atomic mass is 10.1. The van der Waals surface area contributed by atoms with Crippen LogP contribution in [0.4, 0.5) is 0 Å². The van der Waals surface area contributed by atoms with Gasteiger partial charge >= 0.3 is 0 Å². The average Bonchev–Trinajstić information content (AvgIpc) is 2.83. The molecule has 2 N–H and O–H groups in total. The topological polar surface area (TPSA) is 71.2 Å². The Balaban J connectivity index is 2.22. The van der Waals surface area contributed by atoms with Crippen molar-refractivity contribution >= 4 is 11.0 Å². The SMILES string of the molecule is Cc1cc(CO)c(O)c(-n2nc3ccc(C)cc3n2)c1. The molecule has 0 fully saturated rings. The van der Waals surface area contributed by atoms with E-state index < -0.39 is 0 Å². The lowest BCUT2D eigenvalue weighted by molar-refractivity contribution is 0.275. The molecular formula is C15H15N3O2. The van der Waals surface area contributed by atoms with Gasteiger partial charge in [-0.05, 0) is 49.2 Å². The van der Waals surface area contributed by atoms with E-state index >= 15 is 0 Å². The van der Waals surface area contributed by atoms with E-state index in [0.29, 0.717) is 11.3 Å². The van der Waals surface area contributed by atoms with Gasteiger partial charge in [-0.15, -0.1) is 15.0 Å². The number of hydrogen-bond donors (Lipinski definition) is 2. The Morgan fingerprint density at radius 3 is 2.50 bits per heavy atom. The third-order valence-electron chi connectivity index (χ3n) is 3.23. The van der Waals surface area contributed by atoms with Crippen molar-refractivity contribution in [2.45, 2.75) is 20.5 Å². The molecule has 2 aromatic carbocycles. The molecule has 0 radical (unpaired) electrons. The average molecular weight is 269 g/mol. The van der Waals surface area contributed by atoms with Crippen molar-refractivity contribution in [2.24, 2.45) is 0 Å². The second-order valence-electron chi connectivity index (χ2n) is 4.93. The second kappa shape index (κ2) is 4.61. The van der Waals surface area contributed by atoms with Gasteiger partial charge in [-0.3, -0.25) is 0 Å². The van der Waals surface area contributed by atoms with E-state index in [4.69, 9.17) is 0 Å². The first kappa shape index (κ1) is 12.6. The van der Waals surface area contributed by atoms with Crippen molar-refractivity contribution in [3.63, 3.8) is 0 Å². The normalized spacial score (nSPS) is 11.2. The van der Waals surface area contributed by atoms with Crippen LogP contribution < -0.4 is 0 Å². The third kappa shape index (κ3) is 2.02. The minimum atomic E-state index is -0.222. The molecular weight excluding hydrogens is 254 g/mol.